The monoisotopic (exact) mass is 262 g/mol. The first kappa shape index (κ1) is 11.5. The van der Waals surface area contributed by atoms with Crippen LogP contribution < -0.4 is 4.74 Å². The van der Waals surface area contributed by atoms with Crippen LogP contribution in [0.5, 0.6) is 5.75 Å². The normalized spacial score (nSPS) is 11.5. The van der Waals surface area contributed by atoms with Crippen LogP contribution in [0.4, 0.5) is 4.39 Å². The highest BCUT2D eigenvalue weighted by Gasteiger charge is 2.13. The third-order valence-electron chi connectivity index (χ3n) is 1.48. The molecule has 14 heavy (non-hydrogen) atoms. The van der Waals surface area contributed by atoms with Gasteiger partial charge in [0.2, 0.25) is 0 Å². The molecule has 0 fully saturated rings. The minimum absolute atomic E-state index is 0.172. The summed E-state index contributed by atoms with van der Waals surface area (Å²) in [6.07, 6.45) is 0. The third-order valence-corrected chi connectivity index (χ3v) is 2.09. The van der Waals surface area contributed by atoms with Crippen molar-refractivity contribution in [3.63, 3.8) is 0 Å². The summed E-state index contributed by atoms with van der Waals surface area (Å²) >= 11 is 3.05. The average Bonchev–Trinajstić information content (AvgIpc) is 2.06. The Morgan fingerprint density at radius 2 is 2.14 bits per heavy atom. The van der Waals surface area contributed by atoms with E-state index in [2.05, 4.69) is 15.9 Å². The highest BCUT2D eigenvalue weighted by atomic mass is 79.9. The van der Waals surface area contributed by atoms with Gasteiger partial charge in [-0.2, -0.15) is 0 Å². The lowest BCUT2D eigenvalue weighted by atomic mass is 10.2. The van der Waals surface area contributed by atoms with Gasteiger partial charge in [0, 0.05) is 0 Å². The number of hydrogen-bond donors (Lipinski definition) is 1. The van der Waals surface area contributed by atoms with Crippen LogP contribution in [0.2, 0.25) is 0 Å². The minimum atomic E-state index is -0.888. The molecule has 0 aliphatic rings. The van der Waals surface area contributed by atoms with Crippen molar-refractivity contribution in [3.8, 4) is 5.75 Å². The third kappa shape index (κ3) is 3.64. The second-order valence-corrected chi connectivity index (χ2v) is 4.53. The molecule has 1 aromatic carbocycles. The fourth-order valence-corrected chi connectivity index (χ4v) is 1.18. The molecule has 2 nitrogen and oxygen atoms in total. The molecule has 0 aromatic heterocycles. The van der Waals surface area contributed by atoms with Crippen LogP contribution in [0.25, 0.3) is 0 Å². The van der Waals surface area contributed by atoms with Crippen molar-refractivity contribution < 1.29 is 14.2 Å². The first-order valence-electron chi connectivity index (χ1n) is 4.19. The molecule has 1 N–H and O–H groups in total. The van der Waals surface area contributed by atoms with Gasteiger partial charge in [-0.15, -0.1) is 0 Å². The molecule has 0 heterocycles. The molecule has 0 spiro atoms. The summed E-state index contributed by atoms with van der Waals surface area (Å²) in [5.74, 6) is 0.195. The lowest BCUT2D eigenvalue weighted by Gasteiger charge is -2.17. The Kier molecular flexibility index (Phi) is 3.50. The summed E-state index contributed by atoms with van der Waals surface area (Å²) in [5, 5.41) is 9.39. The van der Waals surface area contributed by atoms with Gasteiger partial charge in [0.05, 0.1) is 10.1 Å². The van der Waals surface area contributed by atoms with E-state index in [0.29, 0.717) is 10.2 Å². The zero-order chi connectivity index (χ0) is 10.8. The lowest BCUT2D eigenvalue weighted by Crippen LogP contribution is -2.27. The Balaban J connectivity index is 2.65. The van der Waals surface area contributed by atoms with Crippen molar-refractivity contribution in [2.45, 2.75) is 19.4 Å². The molecule has 1 aromatic rings. The van der Waals surface area contributed by atoms with Crippen molar-refractivity contribution >= 4 is 15.9 Å². The van der Waals surface area contributed by atoms with Crippen molar-refractivity contribution in [3.05, 3.63) is 28.5 Å². The topological polar surface area (TPSA) is 29.5 Å². The van der Waals surface area contributed by atoms with Crippen molar-refractivity contribution in [2.24, 2.45) is 0 Å². The average molecular weight is 263 g/mol. The van der Waals surface area contributed by atoms with Crippen LogP contribution in [0.3, 0.4) is 0 Å². The van der Waals surface area contributed by atoms with Crippen molar-refractivity contribution in [1.82, 2.24) is 0 Å². The Morgan fingerprint density at radius 1 is 1.50 bits per heavy atom. The van der Waals surface area contributed by atoms with E-state index in [4.69, 9.17) is 4.74 Å². The SMILES string of the molecule is CC(C)(O)COc1ccc(F)c(Br)c1. The Bertz CT molecular complexity index is 320. The molecule has 0 unspecified atom stereocenters. The lowest BCUT2D eigenvalue weighted by molar-refractivity contribution is 0.0284. The summed E-state index contributed by atoms with van der Waals surface area (Å²) in [4.78, 5) is 0. The maximum Gasteiger partial charge on any atom is 0.137 e. The van der Waals surface area contributed by atoms with E-state index in [1.807, 2.05) is 0 Å². The maximum absolute atomic E-state index is 12.8. The summed E-state index contributed by atoms with van der Waals surface area (Å²) in [5.41, 5.74) is -0.888. The van der Waals surface area contributed by atoms with Gasteiger partial charge < -0.3 is 9.84 Å². The molecule has 4 heteroatoms. The number of halogens is 2. The Morgan fingerprint density at radius 3 is 2.64 bits per heavy atom. The van der Waals surface area contributed by atoms with Crippen molar-refractivity contribution in [1.29, 1.82) is 0 Å². The molecule has 0 aliphatic heterocycles. The number of rotatable bonds is 3. The van der Waals surface area contributed by atoms with E-state index in [9.17, 15) is 9.50 Å². The van der Waals surface area contributed by atoms with E-state index in [1.54, 1.807) is 13.8 Å². The predicted octanol–water partition coefficient (Wildman–Crippen LogP) is 2.74. The highest BCUT2D eigenvalue weighted by molar-refractivity contribution is 9.10. The molecule has 78 valence electrons. The predicted molar refractivity (Wildman–Crippen MR) is 55.9 cm³/mol. The van der Waals surface area contributed by atoms with E-state index >= 15 is 0 Å². The largest absolute Gasteiger partial charge is 0.491 e. The highest BCUT2D eigenvalue weighted by Crippen LogP contribution is 2.22. The molecule has 0 aliphatic carbocycles. The fourth-order valence-electron chi connectivity index (χ4n) is 0.827. The summed E-state index contributed by atoms with van der Waals surface area (Å²) < 4.78 is 18.4. The van der Waals surface area contributed by atoms with Crippen LogP contribution in [0.1, 0.15) is 13.8 Å². The molecule has 0 atom stereocenters. The van der Waals surface area contributed by atoms with Crippen molar-refractivity contribution in [2.75, 3.05) is 6.61 Å². The first-order chi connectivity index (χ1) is 6.38. The number of hydrogen-bond acceptors (Lipinski definition) is 2. The second-order valence-electron chi connectivity index (χ2n) is 3.68. The maximum atomic E-state index is 12.8. The van der Waals surface area contributed by atoms with E-state index in [-0.39, 0.29) is 12.4 Å². The molecule has 0 radical (unpaired) electrons. The molecule has 0 amide bonds. The Hall–Kier alpha value is -0.610. The molecular formula is C10H12BrFO2. The molecule has 0 bridgehead atoms. The van der Waals surface area contributed by atoms with Gasteiger partial charge in [0.1, 0.15) is 18.2 Å². The standard InChI is InChI=1S/C10H12BrFO2/c1-10(2,13)6-14-7-3-4-9(12)8(11)5-7/h3-5,13H,6H2,1-2H3. The minimum Gasteiger partial charge on any atom is -0.491 e. The van der Waals surface area contributed by atoms with E-state index in [0.717, 1.165) is 0 Å². The van der Waals surface area contributed by atoms with Crippen LogP contribution in [-0.2, 0) is 0 Å². The van der Waals surface area contributed by atoms with Crippen LogP contribution in [-0.4, -0.2) is 17.3 Å². The number of ether oxygens (including phenoxy) is 1. The van der Waals surface area contributed by atoms with Gasteiger partial charge in [-0.25, -0.2) is 4.39 Å². The number of aliphatic hydroxyl groups is 1. The zero-order valence-corrected chi connectivity index (χ0v) is 9.64. The van der Waals surface area contributed by atoms with Gasteiger partial charge in [-0.1, -0.05) is 0 Å². The van der Waals surface area contributed by atoms with Crippen LogP contribution in [0.15, 0.2) is 22.7 Å². The molecule has 0 saturated heterocycles. The quantitative estimate of drug-likeness (QED) is 0.908. The van der Waals surface area contributed by atoms with Gasteiger partial charge in [0.25, 0.3) is 0 Å². The van der Waals surface area contributed by atoms with E-state index in [1.165, 1.54) is 18.2 Å². The molecule has 1 rings (SSSR count). The van der Waals surface area contributed by atoms with Crippen LogP contribution in [0, 0.1) is 5.82 Å². The van der Waals surface area contributed by atoms with Gasteiger partial charge in [-0.3, -0.25) is 0 Å². The summed E-state index contributed by atoms with van der Waals surface area (Å²) in [6.45, 7) is 3.46. The first-order valence-corrected chi connectivity index (χ1v) is 4.98. The smallest absolute Gasteiger partial charge is 0.137 e. The van der Waals surface area contributed by atoms with Gasteiger partial charge in [-0.05, 0) is 48.0 Å². The molecular weight excluding hydrogens is 251 g/mol. The van der Waals surface area contributed by atoms with Crippen LogP contribution >= 0.6 is 15.9 Å². The molecule has 0 saturated carbocycles. The van der Waals surface area contributed by atoms with Gasteiger partial charge >= 0.3 is 0 Å². The summed E-state index contributed by atoms with van der Waals surface area (Å²) in [6, 6.07) is 4.36. The Labute approximate surface area is 90.8 Å². The van der Waals surface area contributed by atoms with E-state index < -0.39 is 5.60 Å². The summed E-state index contributed by atoms with van der Waals surface area (Å²) in [7, 11) is 0. The zero-order valence-electron chi connectivity index (χ0n) is 8.05. The van der Waals surface area contributed by atoms with Gasteiger partial charge in [0.15, 0.2) is 0 Å². The second kappa shape index (κ2) is 4.28. The fraction of sp³-hybridized carbons (Fsp3) is 0.400. The number of benzene rings is 1.